The van der Waals surface area contributed by atoms with Crippen LogP contribution < -0.4 is 5.32 Å². The van der Waals surface area contributed by atoms with Crippen molar-refractivity contribution in [3.8, 4) is 11.3 Å². The maximum absolute atomic E-state index is 12.9. The van der Waals surface area contributed by atoms with Gasteiger partial charge < -0.3 is 10.4 Å². The molecule has 2 aromatic rings. The van der Waals surface area contributed by atoms with Crippen LogP contribution in [-0.4, -0.2) is 28.0 Å². The predicted molar refractivity (Wildman–Crippen MR) is 76.5 cm³/mol. The van der Waals surface area contributed by atoms with Crippen LogP contribution in [0.15, 0.2) is 30.5 Å². The molecular formula is C15H20FN3O. The molecule has 2 unspecified atom stereocenters. The molecule has 1 heterocycles. The third-order valence-electron chi connectivity index (χ3n) is 3.61. The fourth-order valence-electron chi connectivity index (χ4n) is 1.94. The Kier molecular flexibility index (Phi) is 4.87. The smallest absolute Gasteiger partial charge is 0.123 e. The van der Waals surface area contributed by atoms with Gasteiger partial charge in [0.2, 0.25) is 0 Å². The van der Waals surface area contributed by atoms with E-state index >= 15 is 0 Å². The number of aromatic nitrogens is 2. The standard InChI is InChI=1S/C15H20FN3O/c1-10(9-20)11(2)17-7-13-8-18-19-15(13)12-3-5-14(16)6-4-12/h3-6,8,10-11,17,20H,7,9H2,1-2H3,(H,18,19). The number of rotatable bonds is 6. The maximum Gasteiger partial charge on any atom is 0.123 e. The van der Waals surface area contributed by atoms with Gasteiger partial charge in [0.1, 0.15) is 5.82 Å². The third-order valence-corrected chi connectivity index (χ3v) is 3.61. The van der Waals surface area contributed by atoms with Crippen LogP contribution in [0.5, 0.6) is 0 Å². The van der Waals surface area contributed by atoms with E-state index in [1.54, 1.807) is 18.3 Å². The lowest BCUT2D eigenvalue weighted by molar-refractivity contribution is 0.207. The number of aromatic amines is 1. The first-order chi connectivity index (χ1) is 9.61. The number of hydrogen-bond donors (Lipinski definition) is 3. The number of H-pyrrole nitrogens is 1. The lowest BCUT2D eigenvalue weighted by Crippen LogP contribution is -2.33. The first-order valence-corrected chi connectivity index (χ1v) is 6.74. The van der Waals surface area contributed by atoms with Crippen molar-refractivity contribution < 1.29 is 9.50 Å². The van der Waals surface area contributed by atoms with Crippen LogP contribution in [0.4, 0.5) is 4.39 Å². The van der Waals surface area contributed by atoms with Crippen LogP contribution in [-0.2, 0) is 6.54 Å². The lowest BCUT2D eigenvalue weighted by atomic mass is 10.0. The highest BCUT2D eigenvalue weighted by atomic mass is 19.1. The summed E-state index contributed by atoms with van der Waals surface area (Å²) in [5.74, 6) is -0.0606. The summed E-state index contributed by atoms with van der Waals surface area (Å²) in [6.07, 6.45) is 1.77. The van der Waals surface area contributed by atoms with Crippen molar-refractivity contribution in [3.63, 3.8) is 0 Å². The van der Waals surface area contributed by atoms with Crippen LogP contribution in [0, 0.1) is 11.7 Å². The highest BCUT2D eigenvalue weighted by molar-refractivity contribution is 5.62. The van der Waals surface area contributed by atoms with Gasteiger partial charge in [-0.3, -0.25) is 5.10 Å². The predicted octanol–water partition coefficient (Wildman–Crippen LogP) is 2.32. The Balaban J connectivity index is 2.07. The van der Waals surface area contributed by atoms with E-state index in [4.69, 9.17) is 5.11 Å². The molecule has 0 aliphatic rings. The van der Waals surface area contributed by atoms with Gasteiger partial charge in [-0.15, -0.1) is 0 Å². The van der Waals surface area contributed by atoms with E-state index < -0.39 is 0 Å². The molecule has 1 aromatic carbocycles. The van der Waals surface area contributed by atoms with Gasteiger partial charge in [0.25, 0.3) is 0 Å². The molecule has 4 nitrogen and oxygen atoms in total. The van der Waals surface area contributed by atoms with Gasteiger partial charge in [0, 0.05) is 30.3 Å². The minimum Gasteiger partial charge on any atom is -0.396 e. The Hall–Kier alpha value is -1.72. The fraction of sp³-hybridized carbons (Fsp3) is 0.400. The van der Waals surface area contributed by atoms with Gasteiger partial charge in [-0.1, -0.05) is 6.92 Å². The monoisotopic (exact) mass is 277 g/mol. The molecule has 5 heteroatoms. The SMILES string of the molecule is CC(CO)C(C)NCc1cn[nH]c1-c1ccc(F)cc1. The Bertz CT molecular complexity index is 538. The molecule has 0 amide bonds. The number of nitrogens with zero attached hydrogens (tertiary/aromatic N) is 1. The summed E-state index contributed by atoms with van der Waals surface area (Å²) in [6, 6.07) is 6.53. The molecule has 0 bridgehead atoms. The summed E-state index contributed by atoms with van der Waals surface area (Å²) < 4.78 is 12.9. The van der Waals surface area contributed by atoms with Gasteiger partial charge in [0.15, 0.2) is 0 Å². The molecule has 0 saturated heterocycles. The average molecular weight is 277 g/mol. The zero-order valence-electron chi connectivity index (χ0n) is 11.7. The van der Waals surface area contributed by atoms with Crippen LogP contribution in [0.3, 0.4) is 0 Å². The topological polar surface area (TPSA) is 60.9 Å². The van der Waals surface area contributed by atoms with Crippen molar-refractivity contribution in [2.24, 2.45) is 5.92 Å². The summed E-state index contributed by atoms with van der Waals surface area (Å²) in [4.78, 5) is 0. The third kappa shape index (κ3) is 3.43. The van der Waals surface area contributed by atoms with E-state index in [0.717, 1.165) is 16.8 Å². The molecule has 0 spiro atoms. The Labute approximate surface area is 118 Å². The van der Waals surface area contributed by atoms with Gasteiger partial charge in [0.05, 0.1) is 11.9 Å². The molecule has 108 valence electrons. The Morgan fingerprint density at radius 2 is 2.00 bits per heavy atom. The molecule has 20 heavy (non-hydrogen) atoms. The van der Waals surface area contributed by atoms with Crippen molar-refractivity contribution in [1.29, 1.82) is 0 Å². The summed E-state index contributed by atoms with van der Waals surface area (Å²) >= 11 is 0. The number of hydrogen-bond acceptors (Lipinski definition) is 3. The molecule has 0 aliphatic carbocycles. The molecule has 2 rings (SSSR count). The van der Waals surface area contributed by atoms with Gasteiger partial charge in [-0.05, 0) is 37.1 Å². The van der Waals surface area contributed by atoms with E-state index in [0.29, 0.717) is 6.54 Å². The number of aliphatic hydroxyl groups excluding tert-OH is 1. The van der Waals surface area contributed by atoms with E-state index in [1.165, 1.54) is 12.1 Å². The number of halogens is 1. The van der Waals surface area contributed by atoms with Crippen molar-refractivity contribution >= 4 is 0 Å². The molecular weight excluding hydrogens is 257 g/mol. The fourth-order valence-corrected chi connectivity index (χ4v) is 1.94. The number of nitrogens with one attached hydrogen (secondary N) is 2. The summed E-state index contributed by atoms with van der Waals surface area (Å²) in [5, 5.41) is 19.5. The van der Waals surface area contributed by atoms with Crippen LogP contribution in [0.1, 0.15) is 19.4 Å². The van der Waals surface area contributed by atoms with Gasteiger partial charge in [-0.2, -0.15) is 5.10 Å². The average Bonchev–Trinajstić information content (AvgIpc) is 2.93. The molecule has 2 atom stereocenters. The molecule has 0 radical (unpaired) electrons. The van der Waals surface area contributed by atoms with Crippen molar-refractivity contribution in [2.45, 2.75) is 26.4 Å². The van der Waals surface area contributed by atoms with Crippen LogP contribution in [0.2, 0.25) is 0 Å². The van der Waals surface area contributed by atoms with Crippen molar-refractivity contribution in [2.75, 3.05) is 6.61 Å². The number of benzene rings is 1. The van der Waals surface area contributed by atoms with Gasteiger partial charge in [-0.25, -0.2) is 4.39 Å². The number of aliphatic hydroxyl groups is 1. The van der Waals surface area contributed by atoms with E-state index in [1.807, 2.05) is 13.8 Å². The summed E-state index contributed by atoms with van der Waals surface area (Å²) in [7, 11) is 0. The van der Waals surface area contributed by atoms with E-state index in [2.05, 4.69) is 15.5 Å². The highest BCUT2D eigenvalue weighted by Crippen LogP contribution is 2.21. The van der Waals surface area contributed by atoms with E-state index in [-0.39, 0.29) is 24.4 Å². The summed E-state index contributed by atoms with van der Waals surface area (Å²) in [6.45, 7) is 4.84. The normalized spacial score (nSPS) is 14.2. The van der Waals surface area contributed by atoms with Gasteiger partial charge >= 0.3 is 0 Å². The minimum absolute atomic E-state index is 0.157. The van der Waals surface area contributed by atoms with Crippen LogP contribution >= 0.6 is 0 Å². The second-order valence-electron chi connectivity index (χ2n) is 5.11. The molecule has 0 aliphatic heterocycles. The molecule has 1 aromatic heterocycles. The largest absolute Gasteiger partial charge is 0.396 e. The second-order valence-corrected chi connectivity index (χ2v) is 5.11. The lowest BCUT2D eigenvalue weighted by Gasteiger charge is -2.19. The van der Waals surface area contributed by atoms with Crippen molar-refractivity contribution in [1.82, 2.24) is 15.5 Å². The quantitative estimate of drug-likeness (QED) is 0.759. The first kappa shape index (κ1) is 14.7. The Morgan fingerprint density at radius 3 is 2.65 bits per heavy atom. The molecule has 0 saturated carbocycles. The molecule has 3 N–H and O–H groups in total. The van der Waals surface area contributed by atoms with Crippen molar-refractivity contribution in [3.05, 3.63) is 41.8 Å². The Morgan fingerprint density at radius 1 is 1.30 bits per heavy atom. The first-order valence-electron chi connectivity index (χ1n) is 6.74. The maximum atomic E-state index is 12.9. The van der Waals surface area contributed by atoms with Crippen LogP contribution in [0.25, 0.3) is 11.3 Å². The minimum atomic E-state index is -0.252. The zero-order chi connectivity index (χ0) is 14.5. The second kappa shape index (κ2) is 6.63. The highest BCUT2D eigenvalue weighted by Gasteiger charge is 2.13. The zero-order valence-corrected chi connectivity index (χ0v) is 11.7. The molecule has 0 fully saturated rings. The summed E-state index contributed by atoms with van der Waals surface area (Å²) in [5.41, 5.74) is 2.82. The van der Waals surface area contributed by atoms with E-state index in [9.17, 15) is 4.39 Å².